The summed E-state index contributed by atoms with van der Waals surface area (Å²) in [6, 6.07) is 13.5. The number of fused-ring (bicyclic) bond motifs is 5. The van der Waals surface area contributed by atoms with Crippen LogP contribution in [0.4, 0.5) is 0 Å². The lowest BCUT2D eigenvalue weighted by Crippen LogP contribution is -2.48. The molecule has 4 heterocycles. The van der Waals surface area contributed by atoms with Crippen molar-refractivity contribution >= 4 is 16.7 Å². The van der Waals surface area contributed by atoms with Crippen molar-refractivity contribution in [1.29, 1.82) is 0 Å². The first-order chi connectivity index (χ1) is 12.7. The van der Waals surface area contributed by atoms with Crippen LogP contribution in [0.25, 0.3) is 10.9 Å². The van der Waals surface area contributed by atoms with Crippen molar-refractivity contribution in [3.63, 3.8) is 0 Å². The Morgan fingerprint density at radius 3 is 2.88 bits per heavy atom. The van der Waals surface area contributed by atoms with Crippen LogP contribution in [-0.2, 0) is 6.54 Å². The number of aromatic nitrogens is 2. The highest BCUT2D eigenvalue weighted by Crippen LogP contribution is 2.35. The minimum atomic E-state index is 0.0977. The first-order valence-electron chi connectivity index (χ1n) is 9.20. The molecule has 0 amide bonds. The van der Waals surface area contributed by atoms with Gasteiger partial charge in [-0.1, -0.05) is 24.3 Å². The van der Waals surface area contributed by atoms with Crippen LogP contribution in [0, 0.1) is 5.92 Å². The van der Waals surface area contributed by atoms with E-state index in [0.717, 1.165) is 48.2 Å². The number of pyridine rings is 1. The van der Waals surface area contributed by atoms with E-state index in [0.29, 0.717) is 18.4 Å². The number of hydrogen-bond donors (Lipinski definition) is 1. The third-order valence-electron chi connectivity index (χ3n) is 5.81. The van der Waals surface area contributed by atoms with E-state index in [1.807, 2.05) is 41.1 Å². The quantitative estimate of drug-likeness (QED) is 0.741. The van der Waals surface area contributed by atoms with Gasteiger partial charge in [0.25, 0.3) is 5.56 Å². The number of piperidine rings is 1. The summed E-state index contributed by atoms with van der Waals surface area (Å²) in [5.41, 5.74) is 2.99. The molecule has 5 rings (SSSR count). The molecule has 0 spiro atoms. The monoisotopic (exact) mass is 347 g/mol. The highest BCUT2D eigenvalue weighted by atomic mass is 16.1. The van der Waals surface area contributed by atoms with Crippen molar-refractivity contribution < 1.29 is 4.79 Å². The normalized spacial score (nSPS) is 22.3. The summed E-state index contributed by atoms with van der Waals surface area (Å²) >= 11 is 0. The third-order valence-corrected chi connectivity index (χ3v) is 5.81. The smallest absolute Gasteiger partial charge is 0.250 e. The van der Waals surface area contributed by atoms with Gasteiger partial charge >= 0.3 is 0 Å². The van der Waals surface area contributed by atoms with Crippen LogP contribution in [0.15, 0.2) is 53.5 Å². The van der Waals surface area contributed by atoms with Gasteiger partial charge in [-0.2, -0.15) is 0 Å². The second-order valence-corrected chi connectivity index (χ2v) is 7.56. The maximum absolute atomic E-state index is 12.9. The van der Waals surface area contributed by atoms with Crippen molar-refractivity contribution in [1.82, 2.24) is 14.5 Å². The van der Waals surface area contributed by atoms with E-state index in [1.54, 1.807) is 6.07 Å². The topological polar surface area (TPSA) is 58.1 Å². The molecule has 3 aromatic rings. The van der Waals surface area contributed by atoms with Crippen LogP contribution < -0.4 is 5.56 Å². The molecule has 2 aliphatic heterocycles. The molecule has 2 atom stereocenters. The first-order valence-corrected chi connectivity index (χ1v) is 9.20. The molecule has 2 bridgehead atoms. The molecule has 0 radical (unpaired) electrons. The number of hydrogen-bond acceptors (Lipinski definition) is 3. The Labute approximate surface area is 151 Å². The van der Waals surface area contributed by atoms with E-state index in [-0.39, 0.29) is 11.3 Å². The second kappa shape index (κ2) is 5.95. The van der Waals surface area contributed by atoms with E-state index in [9.17, 15) is 9.59 Å². The number of ketones is 1. The Bertz CT molecular complexity index is 1050. The minimum Gasteiger partial charge on any atom is -0.360 e. The fourth-order valence-corrected chi connectivity index (χ4v) is 4.72. The summed E-state index contributed by atoms with van der Waals surface area (Å²) in [6.45, 7) is 2.93. The van der Waals surface area contributed by atoms with Crippen LogP contribution in [0.5, 0.6) is 0 Å². The van der Waals surface area contributed by atoms with Gasteiger partial charge < -0.3 is 9.55 Å². The molecule has 26 heavy (non-hydrogen) atoms. The molecule has 0 saturated carbocycles. The lowest BCUT2D eigenvalue weighted by molar-refractivity contribution is 0.0819. The number of aromatic amines is 1. The number of benzene rings is 1. The number of nitrogens with zero attached hydrogens (tertiary/aromatic N) is 2. The van der Waals surface area contributed by atoms with Crippen LogP contribution in [-0.4, -0.2) is 39.9 Å². The summed E-state index contributed by atoms with van der Waals surface area (Å²) < 4.78 is 1.93. The van der Waals surface area contributed by atoms with E-state index in [1.165, 1.54) is 0 Å². The van der Waals surface area contributed by atoms with Gasteiger partial charge in [-0.05, 0) is 24.5 Å². The van der Waals surface area contributed by atoms with Gasteiger partial charge in [-0.15, -0.1) is 0 Å². The zero-order valence-electron chi connectivity index (χ0n) is 14.5. The molecular formula is C21H21N3O2. The second-order valence-electron chi connectivity index (χ2n) is 7.56. The summed E-state index contributed by atoms with van der Waals surface area (Å²) in [6.07, 6.45) is 2.94. The number of nitrogens with one attached hydrogen (secondary N) is 1. The van der Waals surface area contributed by atoms with Gasteiger partial charge in [0.05, 0.1) is 6.54 Å². The van der Waals surface area contributed by atoms with E-state index >= 15 is 0 Å². The van der Waals surface area contributed by atoms with Gasteiger partial charge in [0.2, 0.25) is 0 Å². The number of para-hydroxylation sites is 1. The predicted molar refractivity (Wildman–Crippen MR) is 101 cm³/mol. The van der Waals surface area contributed by atoms with Gasteiger partial charge in [-0.3, -0.25) is 14.5 Å². The molecule has 2 aromatic heterocycles. The highest BCUT2D eigenvalue weighted by Gasteiger charge is 2.35. The Hall–Kier alpha value is -2.66. The van der Waals surface area contributed by atoms with Crippen LogP contribution in [0.2, 0.25) is 0 Å². The Morgan fingerprint density at radius 1 is 1.08 bits per heavy atom. The average Bonchev–Trinajstić information content (AvgIpc) is 3.07. The van der Waals surface area contributed by atoms with Crippen LogP contribution in [0.1, 0.15) is 28.4 Å². The molecule has 0 aliphatic carbocycles. The number of H-pyrrole nitrogens is 1. The molecule has 1 N–H and O–H groups in total. The number of rotatable bonds is 3. The standard InChI is InChI=1S/C21H21N3O2/c25-20(17-9-22-18-5-2-1-4-16(17)18)13-23-10-14-8-15(12-23)19-6-3-7-21(26)24(19)11-14/h1-7,9,14-15,22H,8,10-13H2/t14-,15+/m1/s1. The summed E-state index contributed by atoms with van der Waals surface area (Å²) in [4.78, 5) is 30.5. The Morgan fingerprint density at radius 2 is 1.96 bits per heavy atom. The van der Waals surface area contributed by atoms with Crippen molar-refractivity contribution in [3.8, 4) is 0 Å². The van der Waals surface area contributed by atoms with Gasteiger partial charge in [-0.25, -0.2) is 0 Å². The largest absolute Gasteiger partial charge is 0.360 e. The molecule has 1 saturated heterocycles. The molecule has 5 nitrogen and oxygen atoms in total. The van der Waals surface area contributed by atoms with Gasteiger partial charge in [0, 0.05) is 60.0 Å². The SMILES string of the molecule is O=C(CN1C[C@H]2C[C@@H](C1)c1cccc(=O)n1C2)c1c[nH]c2ccccc12. The summed E-state index contributed by atoms with van der Waals surface area (Å²) in [5, 5.41) is 0.992. The van der Waals surface area contributed by atoms with Crippen molar-refractivity contribution in [2.24, 2.45) is 5.92 Å². The fourth-order valence-electron chi connectivity index (χ4n) is 4.72. The lowest BCUT2D eigenvalue weighted by atomic mass is 9.83. The number of carbonyl (C=O) groups is 1. The molecule has 0 unspecified atom stereocenters. The minimum absolute atomic E-state index is 0.0977. The van der Waals surface area contributed by atoms with Crippen molar-refractivity contribution in [2.45, 2.75) is 18.9 Å². The number of Topliss-reactive ketones (excluding diaryl/α,β-unsaturated/α-hetero) is 1. The fraction of sp³-hybridized carbons (Fsp3) is 0.333. The average molecular weight is 347 g/mol. The highest BCUT2D eigenvalue weighted by molar-refractivity contribution is 6.08. The van der Waals surface area contributed by atoms with Crippen molar-refractivity contribution in [2.75, 3.05) is 19.6 Å². The number of carbonyl (C=O) groups excluding carboxylic acids is 1. The Balaban J connectivity index is 1.38. The molecular weight excluding hydrogens is 326 g/mol. The van der Waals surface area contributed by atoms with Crippen LogP contribution >= 0.6 is 0 Å². The number of likely N-dealkylation sites (tertiary alicyclic amines) is 1. The van der Waals surface area contributed by atoms with Crippen LogP contribution in [0.3, 0.4) is 0 Å². The zero-order chi connectivity index (χ0) is 17.7. The van der Waals surface area contributed by atoms with Crippen molar-refractivity contribution in [3.05, 3.63) is 70.3 Å². The summed E-state index contributed by atoms with van der Waals surface area (Å²) in [5.74, 6) is 0.942. The van der Waals surface area contributed by atoms with E-state index in [4.69, 9.17) is 0 Å². The zero-order valence-corrected chi connectivity index (χ0v) is 14.5. The molecule has 1 aromatic carbocycles. The van der Waals surface area contributed by atoms with E-state index in [2.05, 4.69) is 16.0 Å². The predicted octanol–water partition coefficient (Wildman–Crippen LogP) is 2.63. The molecule has 1 fully saturated rings. The molecule has 132 valence electrons. The Kier molecular flexibility index (Phi) is 3.57. The molecule has 2 aliphatic rings. The maximum Gasteiger partial charge on any atom is 0.250 e. The molecule has 5 heteroatoms. The lowest BCUT2D eigenvalue weighted by Gasteiger charge is -2.42. The van der Waals surface area contributed by atoms with Gasteiger partial charge in [0.1, 0.15) is 0 Å². The summed E-state index contributed by atoms with van der Waals surface area (Å²) in [7, 11) is 0. The maximum atomic E-state index is 12.9. The third kappa shape index (κ3) is 2.51. The van der Waals surface area contributed by atoms with E-state index < -0.39 is 0 Å². The first kappa shape index (κ1) is 15.6. The van der Waals surface area contributed by atoms with Gasteiger partial charge in [0.15, 0.2) is 5.78 Å².